The van der Waals surface area contributed by atoms with Crippen LogP contribution in [0.15, 0.2) is 52.2 Å². The summed E-state index contributed by atoms with van der Waals surface area (Å²) in [6.07, 6.45) is 5.67. The van der Waals surface area contributed by atoms with E-state index in [2.05, 4.69) is 11.6 Å². The van der Waals surface area contributed by atoms with Gasteiger partial charge in [-0.3, -0.25) is 9.52 Å². The van der Waals surface area contributed by atoms with Gasteiger partial charge >= 0.3 is 0 Å². The van der Waals surface area contributed by atoms with Crippen LogP contribution in [0, 0.1) is 0 Å². The number of nitrogens with one attached hydrogen (secondary N) is 1. The minimum atomic E-state index is -3.67. The molecule has 1 saturated heterocycles. The van der Waals surface area contributed by atoms with Gasteiger partial charge in [-0.05, 0) is 56.5 Å². The highest BCUT2D eigenvalue weighted by molar-refractivity contribution is 7.92. The lowest BCUT2D eigenvalue weighted by Gasteiger charge is -2.33. The molecule has 0 spiro atoms. The number of carbonyl (C=O) groups is 1. The molecule has 0 aliphatic carbocycles. The SMILES string of the molecule is CC1CCCCN1C(=O)c1ccc(NS(=O)(=O)c2ccoc2)cc1. The molecule has 3 rings (SSSR count). The van der Waals surface area contributed by atoms with E-state index in [9.17, 15) is 13.2 Å². The first-order valence-electron chi connectivity index (χ1n) is 7.93. The summed E-state index contributed by atoms with van der Waals surface area (Å²) in [4.78, 5) is 14.5. The van der Waals surface area contributed by atoms with Gasteiger partial charge in [0.15, 0.2) is 0 Å². The molecule has 2 heterocycles. The van der Waals surface area contributed by atoms with Gasteiger partial charge in [-0.2, -0.15) is 0 Å². The van der Waals surface area contributed by atoms with Crippen molar-refractivity contribution >= 4 is 21.6 Å². The van der Waals surface area contributed by atoms with Gasteiger partial charge < -0.3 is 9.32 Å². The van der Waals surface area contributed by atoms with E-state index in [-0.39, 0.29) is 16.8 Å². The molecule has 24 heavy (non-hydrogen) atoms. The van der Waals surface area contributed by atoms with E-state index in [4.69, 9.17) is 4.42 Å². The van der Waals surface area contributed by atoms with Crippen molar-refractivity contribution in [2.24, 2.45) is 0 Å². The van der Waals surface area contributed by atoms with Crippen molar-refractivity contribution in [1.29, 1.82) is 0 Å². The third kappa shape index (κ3) is 3.46. The van der Waals surface area contributed by atoms with Crippen LogP contribution in [0.4, 0.5) is 5.69 Å². The summed E-state index contributed by atoms with van der Waals surface area (Å²) in [5.74, 6) is -0.00792. The van der Waals surface area contributed by atoms with Crippen LogP contribution < -0.4 is 4.72 Å². The highest BCUT2D eigenvalue weighted by atomic mass is 32.2. The zero-order valence-corrected chi connectivity index (χ0v) is 14.3. The van der Waals surface area contributed by atoms with E-state index >= 15 is 0 Å². The molecule has 0 radical (unpaired) electrons. The van der Waals surface area contributed by atoms with Gasteiger partial charge in [0.2, 0.25) is 0 Å². The van der Waals surface area contributed by atoms with E-state index in [1.54, 1.807) is 24.3 Å². The quantitative estimate of drug-likeness (QED) is 0.921. The van der Waals surface area contributed by atoms with Crippen LogP contribution in [0.1, 0.15) is 36.5 Å². The number of sulfonamides is 1. The molecule has 1 atom stereocenters. The molecule has 0 saturated carbocycles. The number of furan rings is 1. The highest BCUT2D eigenvalue weighted by Gasteiger charge is 2.24. The standard InChI is InChI=1S/C17H20N2O4S/c1-13-4-2-3-10-19(13)17(20)14-5-7-15(8-6-14)18-24(21,22)16-9-11-23-12-16/h5-9,11-13,18H,2-4,10H2,1H3. The molecular formula is C17H20N2O4S. The molecule has 1 aromatic heterocycles. The fourth-order valence-corrected chi connectivity index (χ4v) is 3.85. The molecule has 1 aliphatic heterocycles. The number of benzene rings is 1. The number of likely N-dealkylation sites (tertiary alicyclic amines) is 1. The number of anilines is 1. The van der Waals surface area contributed by atoms with Crippen LogP contribution in [0.2, 0.25) is 0 Å². The molecule has 2 aromatic rings. The number of carbonyl (C=O) groups excluding carboxylic acids is 1. The van der Waals surface area contributed by atoms with Crippen molar-refractivity contribution in [3.05, 3.63) is 48.4 Å². The minimum absolute atomic E-state index is 0.00792. The van der Waals surface area contributed by atoms with Gasteiger partial charge in [0, 0.05) is 23.8 Å². The molecule has 1 amide bonds. The fourth-order valence-electron chi connectivity index (χ4n) is 2.87. The fraction of sp³-hybridized carbons (Fsp3) is 0.353. The molecular weight excluding hydrogens is 328 g/mol. The summed E-state index contributed by atoms with van der Waals surface area (Å²) in [5.41, 5.74) is 0.967. The Labute approximate surface area is 141 Å². The summed E-state index contributed by atoms with van der Waals surface area (Å²) in [5, 5.41) is 0. The molecule has 7 heteroatoms. The second-order valence-electron chi connectivity index (χ2n) is 5.99. The molecule has 128 valence electrons. The number of rotatable bonds is 4. The Morgan fingerprint density at radius 3 is 2.58 bits per heavy atom. The van der Waals surface area contributed by atoms with Gasteiger partial charge in [0.1, 0.15) is 11.2 Å². The first-order chi connectivity index (χ1) is 11.5. The topological polar surface area (TPSA) is 79.6 Å². The number of amides is 1. The first-order valence-corrected chi connectivity index (χ1v) is 9.42. The molecule has 1 aliphatic rings. The van der Waals surface area contributed by atoms with Crippen LogP contribution in [0.3, 0.4) is 0 Å². The Kier molecular flexibility index (Phi) is 4.62. The van der Waals surface area contributed by atoms with Crippen molar-refractivity contribution in [3.8, 4) is 0 Å². The number of nitrogens with zero attached hydrogens (tertiary/aromatic N) is 1. The average Bonchev–Trinajstić information content (AvgIpc) is 3.10. The summed E-state index contributed by atoms with van der Waals surface area (Å²) in [6.45, 7) is 2.83. The Balaban J connectivity index is 1.72. The van der Waals surface area contributed by atoms with Crippen LogP contribution in [-0.2, 0) is 10.0 Å². The summed E-state index contributed by atoms with van der Waals surface area (Å²) < 4.78 is 31.5. The van der Waals surface area contributed by atoms with Gasteiger partial charge in [0.05, 0.1) is 6.26 Å². The predicted molar refractivity (Wildman–Crippen MR) is 90.3 cm³/mol. The summed E-state index contributed by atoms with van der Waals surface area (Å²) in [7, 11) is -3.67. The smallest absolute Gasteiger partial charge is 0.265 e. The number of piperidine rings is 1. The van der Waals surface area contributed by atoms with Crippen molar-refractivity contribution in [3.63, 3.8) is 0 Å². The van der Waals surface area contributed by atoms with E-state index in [0.29, 0.717) is 11.3 Å². The summed E-state index contributed by atoms with van der Waals surface area (Å²) >= 11 is 0. The van der Waals surface area contributed by atoms with Gasteiger partial charge in [-0.1, -0.05) is 0 Å². The normalized spacial score (nSPS) is 18.4. The lowest BCUT2D eigenvalue weighted by molar-refractivity contribution is 0.0635. The van der Waals surface area contributed by atoms with Crippen molar-refractivity contribution in [1.82, 2.24) is 4.90 Å². The van der Waals surface area contributed by atoms with Crippen LogP contribution in [-0.4, -0.2) is 31.8 Å². The van der Waals surface area contributed by atoms with Crippen molar-refractivity contribution in [2.45, 2.75) is 37.1 Å². The maximum absolute atomic E-state index is 12.6. The Hall–Kier alpha value is -2.28. The van der Waals surface area contributed by atoms with Crippen LogP contribution in [0.25, 0.3) is 0 Å². The van der Waals surface area contributed by atoms with Crippen LogP contribution in [0.5, 0.6) is 0 Å². The van der Waals surface area contributed by atoms with E-state index in [1.165, 1.54) is 12.3 Å². The summed E-state index contributed by atoms with van der Waals surface area (Å²) in [6, 6.07) is 8.11. The van der Waals surface area contributed by atoms with Crippen molar-refractivity contribution < 1.29 is 17.6 Å². The molecule has 0 bridgehead atoms. The monoisotopic (exact) mass is 348 g/mol. The zero-order valence-electron chi connectivity index (χ0n) is 13.4. The predicted octanol–water partition coefficient (Wildman–Crippen LogP) is 3.10. The lowest BCUT2D eigenvalue weighted by Crippen LogP contribution is -2.42. The number of hydrogen-bond acceptors (Lipinski definition) is 4. The minimum Gasteiger partial charge on any atom is -0.471 e. The average molecular weight is 348 g/mol. The molecule has 1 aromatic carbocycles. The largest absolute Gasteiger partial charge is 0.471 e. The third-order valence-electron chi connectivity index (χ3n) is 4.25. The number of hydrogen-bond donors (Lipinski definition) is 1. The molecule has 1 unspecified atom stereocenters. The zero-order chi connectivity index (χ0) is 17.2. The lowest BCUT2D eigenvalue weighted by atomic mass is 10.0. The van der Waals surface area contributed by atoms with Gasteiger partial charge in [0.25, 0.3) is 15.9 Å². The van der Waals surface area contributed by atoms with Gasteiger partial charge in [-0.15, -0.1) is 0 Å². The van der Waals surface area contributed by atoms with E-state index in [0.717, 1.165) is 32.1 Å². The Morgan fingerprint density at radius 1 is 1.21 bits per heavy atom. The maximum Gasteiger partial charge on any atom is 0.265 e. The van der Waals surface area contributed by atoms with Gasteiger partial charge in [-0.25, -0.2) is 8.42 Å². The molecule has 1 N–H and O–H groups in total. The first kappa shape index (κ1) is 16.6. The van der Waals surface area contributed by atoms with Crippen LogP contribution >= 0.6 is 0 Å². The second kappa shape index (κ2) is 6.68. The maximum atomic E-state index is 12.6. The van der Waals surface area contributed by atoms with E-state index in [1.807, 2.05) is 4.90 Å². The van der Waals surface area contributed by atoms with Crippen molar-refractivity contribution in [2.75, 3.05) is 11.3 Å². The van der Waals surface area contributed by atoms with E-state index < -0.39 is 10.0 Å². The Bertz CT molecular complexity index is 798. The third-order valence-corrected chi connectivity index (χ3v) is 5.61. The highest BCUT2D eigenvalue weighted by Crippen LogP contribution is 2.21. The second-order valence-corrected chi connectivity index (χ2v) is 7.67. The molecule has 1 fully saturated rings. The molecule has 6 nitrogen and oxygen atoms in total. The Morgan fingerprint density at radius 2 is 1.96 bits per heavy atom.